The summed E-state index contributed by atoms with van der Waals surface area (Å²) in [6.45, 7) is 3.21. The molecule has 45 heavy (non-hydrogen) atoms. The monoisotopic (exact) mass is 622 g/mol. The van der Waals surface area contributed by atoms with Crippen molar-refractivity contribution in [3.05, 3.63) is 80.1 Å². The van der Waals surface area contributed by atoms with E-state index in [0.29, 0.717) is 11.1 Å². The molecule has 3 aliphatic carbocycles. The smallest absolute Gasteiger partial charge is 0.412 e. The Morgan fingerprint density at radius 3 is 2.40 bits per heavy atom. The SMILES string of the molecule is Cc1ccc(NC(=O)OC2C3C(=C(O)c4c(O)cccc4C3C)C(=O)C3(O)C(O)=C(C(N)=O)C(=O)C(N(C)C)C23)c([N+](=O)[O-])c1. The number of ketones is 2. The van der Waals surface area contributed by atoms with Crippen LogP contribution in [-0.4, -0.2) is 85.7 Å². The van der Waals surface area contributed by atoms with Gasteiger partial charge in [-0.3, -0.25) is 34.7 Å². The Morgan fingerprint density at radius 1 is 1.13 bits per heavy atom. The van der Waals surface area contributed by atoms with Gasteiger partial charge in [-0.05, 0) is 50.2 Å². The van der Waals surface area contributed by atoms with Gasteiger partial charge in [-0.25, -0.2) is 4.79 Å². The molecule has 7 N–H and O–H groups in total. The van der Waals surface area contributed by atoms with E-state index >= 15 is 0 Å². The maximum atomic E-state index is 14.3. The number of phenols is 1. The summed E-state index contributed by atoms with van der Waals surface area (Å²) in [5.41, 5.74) is 0.688. The number of nitro benzene ring substituents is 1. The lowest BCUT2D eigenvalue weighted by Crippen LogP contribution is -2.71. The second-order valence-corrected chi connectivity index (χ2v) is 11.6. The highest BCUT2D eigenvalue weighted by molar-refractivity contribution is 6.24. The number of rotatable bonds is 5. The maximum absolute atomic E-state index is 14.3. The number of aliphatic hydroxyl groups excluding tert-OH is 2. The highest BCUT2D eigenvalue weighted by Crippen LogP contribution is 2.57. The molecule has 0 heterocycles. The first kappa shape index (κ1) is 31.2. The Bertz CT molecular complexity index is 1760. The molecule has 0 spiro atoms. The summed E-state index contributed by atoms with van der Waals surface area (Å²) in [6, 6.07) is 6.72. The van der Waals surface area contributed by atoms with Crippen molar-refractivity contribution in [3.63, 3.8) is 0 Å². The van der Waals surface area contributed by atoms with E-state index in [1.165, 1.54) is 49.3 Å². The van der Waals surface area contributed by atoms with Gasteiger partial charge in [0.25, 0.3) is 11.6 Å². The number of ether oxygens (including phenoxy) is 1. The second kappa shape index (κ2) is 10.7. The van der Waals surface area contributed by atoms with Crippen molar-refractivity contribution in [1.29, 1.82) is 0 Å². The predicted octanol–water partition coefficient (Wildman–Crippen LogP) is 1.97. The minimum atomic E-state index is -3.13. The first-order chi connectivity index (χ1) is 21.0. The first-order valence-electron chi connectivity index (χ1n) is 13.7. The number of nitrogens with zero attached hydrogens (tertiary/aromatic N) is 2. The summed E-state index contributed by atoms with van der Waals surface area (Å²) in [6.07, 6.45) is -2.99. The lowest BCUT2D eigenvalue weighted by molar-refractivity contribution is -0.384. The van der Waals surface area contributed by atoms with Crippen LogP contribution >= 0.6 is 0 Å². The standard InChI is InChI=1S/C30H30N4O11/c1-11-8-9-14(15(10-11)34(43)44)32-29(41)45-25-17-12(2)13-6-5-7-16(35)18(13)23(36)19(17)26(38)30(42)21(25)22(33(3)4)24(37)20(27(30)39)28(31)40/h5-10,12,17,21-22,25,35-36,39,42H,1-4H3,(H2,31,40)(H,32,41). The van der Waals surface area contributed by atoms with Gasteiger partial charge in [0, 0.05) is 17.6 Å². The molecule has 15 nitrogen and oxygen atoms in total. The molecule has 0 aromatic heterocycles. The number of aryl methyl sites for hydroxylation is 1. The molecule has 15 heteroatoms. The molecular formula is C30H30N4O11. The fourth-order valence-electron chi connectivity index (χ4n) is 6.85. The van der Waals surface area contributed by atoms with Gasteiger partial charge in [-0.1, -0.05) is 25.1 Å². The molecule has 2 amide bonds. The number of phenolic OH excluding ortho intramolecular Hbond substituents is 1. The quantitative estimate of drug-likeness (QED) is 0.159. The van der Waals surface area contributed by atoms with Crippen LogP contribution in [0.4, 0.5) is 16.2 Å². The second-order valence-electron chi connectivity index (χ2n) is 11.6. The van der Waals surface area contributed by atoms with Crippen LogP contribution in [0, 0.1) is 28.9 Å². The van der Waals surface area contributed by atoms with Crippen molar-refractivity contribution in [1.82, 2.24) is 4.90 Å². The molecule has 0 radical (unpaired) electrons. The van der Waals surface area contributed by atoms with E-state index in [2.05, 4.69) is 5.32 Å². The van der Waals surface area contributed by atoms with Gasteiger partial charge in [0.05, 0.1) is 22.4 Å². The third-order valence-corrected chi connectivity index (χ3v) is 8.80. The van der Waals surface area contributed by atoms with E-state index in [9.17, 15) is 49.7 Å². The minimum Gasteiger partial charge on any atom is -0.508 e. The largest absolute Gasteiger partial charge is 0.508 e. The zero-order valence-corrected chi connectivity index (χ0v) is 24.5. The number of Topliss-reactive ketones (excluding diaryl/α,β-unsaturated/α-hetero) is 2. The molecule has 236 valence electrons. The Hall–Kier alpha value is -5.28. The molecule has 1 saturated carbocycles. The molecule has 6 unspecified atom stereocenters. The van der Waals surface area contributed by atoms with Crippen LogP contribution in [0.1, 0.15) is 29.5 Å². The van der Waals surface area contributed by atoms with E-state index in [4.69, 9.17) is 10.5 Å². The molecule has 5 rings (SSSR count). The van der Waals surface area contributed by atoms with Crippen molar-refractivity contribution in [2.75, 3.05) is 19.4 Å². The number of amides is 2. The van der Waals surface area contributed by atoms with Crippen molar-refractivity contribution >= 4 is 40.7 Å². The maximum Gasteiger partial charge on any atom is 0.412 e. The van der Waals surface area contributed by atoms with Crippen LogP contribution in [0.3, 0.4) is 0 Å². The molecule has 3 aliphatic rings. The van der Waals surface area contributed by atoms with E-state index < -0.39 is 98.1 Å². The molecule has 1 fully saturated rings. The Balaban J connectivity index is 1.75. The molecule has 0 saturated heterocycles. The lowest BCUT2D eigenvalue weighted by Gasteiger charge is -2.54. The minimum absolute atomic E-state index is 0.139. The first-order valence-corrected chi connectivity index (χ1v) is 13.7. The number of nitrogens with two attached hydrogens (primary N) is 1. The molecular weight excluding hydrogens is 592 g/mol. The number of primary amides is 1. The number of hydrogen-bond donors (Lipinski definition) is 6. The average Bonchev–Trinajstić information content (AvgIpc) is 2.95. The van der Waals surface area contributed by atoms with Gasteiger partial charge >= 0.3 is 6.09 Å². The van der Waals surface area contributed by atoms with Crippen LogP contribution in [0.25, 0.3) is 5.76 Å². The highest BCUT2D eigenvalue weighted by Gasteiger charge is 2.69. The Morgan fingerprint density at radius 2 is 1.80 bits per heavy atom. The van der Waals surface area contributed by atoms with Gasteiger partial charge in [-0.15, -0.1) is 0 Å². The third kappa shape index (κ3) is 4.50. The van der Waals surface area contributed by atoms with Crippen LogP contribution < -0.4 is 11.1 Å². The number of anilines is 1. The summed E-state index contributed by atoms with van der Waals surface area (Å²) in [5.74, 6) is -10.3. The van der Waals surface area contributed by atoms with E-state index in [-0.39, 0.29) is 11.3 Å². The lowest BCUT2D eigenvalue weighted by atomic mass is 9.54. The van der Waals surface area contributed by atoms with Gasteiger partial charge in [0.1, 0.15) is 34.6 Å². The summed E-state index contributed by atoms with van der Waals surface area (Å²) in [7, 11) is 2.78. The molecule has 0 bridgehead atoms. The third-order valence-electron chi connectivity index (χ3n) is 8.80. The number of aliphatic hydroxyl groups is 3. The summed E-state index contributed by atoms with van der Waals surface area (Å²) in [5, 5.41) is 59.3. The van der Waals surface area contributed by atoms with E-state index in [1.54, 1.807) is 19.9 Å². The normalized spacial score (nSPS) is 27.5. The molecule has 6 atom stereocenters. The summed E-state index contributed by atoms with van der Waals surface area (Å²) in [4.78, 5) is 65.9. The summed E-state index contributed by atoms with van der Waals surface area (Å²) < 4.78 is 5.83. The number of hydrogen-bond acceptors (Lipinski definition) is 12. The number of nitro groups is 1. The number of nitrogens with one attached hydrogen (secondary N) is 1. The van der Waals surface area contributed by atoms with Crippen LogP contribution in [0.2, 0.25) is 0 Å². The van der Waals surface area contributed by atoms with Gasteiger partial charge in [0.15, 0.2) is 11.4 Å². The topological polar surface area (TPSA) is 243 Å². The van der Waals surface area contributed by atoms with Gasteiger partial charge < -0.3 is 30.9 Å². The fraction of sp³-hybridized carbons (Fsp3) is 0.333. The van der Waals surface area contributed by atoms with Crippen molar-refractivity contribution in [3.8, 4) is 5.75 Å². The van der Waals surface area contributed by atoms with Crippen LogP contribution in [0.15, 0.2) is 53.3 Å². The van der Waals surface area contributed by atoms with Crippen LogP contribution in [-0.2, 0) is 19.1 Å². The average molecular weight is 623 g/mol. The predicted molar refractivity (Wildman–Crippen MR) is 156 cm³/mol. The van der Waals surface area contributed by atoms with Gasteiger partial charge in [-0.2, -0.15) is 0 Å². The van der Waals surface area contributed by atoms with Crippen molar-refractivity contribution < 1.29 is 49.3 Å². The number of aromatic hydroxyl groups is 1. The van der Waals surface area contributed by atoms with Gasteiger partial charge in [0.2, 0.25) is 5.78 Å². The number of fused-ring (bicyclic) bond motifs is 3. The number of carbonyl (C=O) groups excluding carboxylic acids is 4. The summed E-state index contributed by atoms with van der Waals surface area (Å²) >= 11 is 0. The van der Waals surface area contributed by atoms with Crippen LogP contribution in [0.5, 0.6) is 5.75 Å². The highest BCUT2D eigenvalue weighted by atomic mass is 16.6. The molecule has 2 aromatic carbocycles. The Kier molecular flexibility index (Phi) is 7.41. The van der Waals surface area contributed by atoms with E-state index in [0.717, 1.165) is 0 Å². The zero-order chi connectivity index (χ0) is 33.3. The number of benzene rings is 2. The molecule has 0 aliphatic heterocycles. The number of carbonyl (C=O) groups is 4. The fourth-order valence-corrected chi connectivity index (χ4v) is 6.85. The number of likely N-dealkylation sites (N-methyl/N-ethyl adjacent to an activating group) is 1. The zero-order valence-electron chi connectivity index (χ0n) is 24.5. The molecule has 2 aromatic rings. The van der Waals surface area contributed by atoms with E-state index in [1.807, 2.05) is 0 Å². The van der Waals surface area contributed by atoms with Crippen molar-refractivity contribution in [2.45, 2.75) is 37.5 Å². The van der Waals surface area contributed by atoms with Crippen molar-refractivity contribution in [2.24, 2.45) is 17.6 Å². The Labute approximate surface area is 255 Å².